The number of nitrogens with one attached hydrogen (secondary N) is 1. The van der Waals surface area contributed by atoms with Crippen LogP contribution in [-0.4, -0.2) is 53.3 Å². The van der Waals surface area contributed by atoms with Crippen LogP contribution in [0.3, 0.4) is 0 Å². The Hall–Kier alpha value is -2.51. The standard InChI is InChI=1S/C19H24N4O3/c1-26-12-15-4-6-16(7-5-15)17(24)22-13-19(25)8-2-11-23(14-19)18-20-9-3-10-21-18/h3-7,9-10,25H,2,8,11-14H2,1H3,(H,22,24)/t19-/m1/s1. The Labute approximate surface area is 153 Å². The number of nitrogens with zero attached hydrogens (tertiary/aromatic N) is 3. The van der Waals surface area contributed by atoms with Crippen LogP contribution < -0.4 is 10.2 Å². The van der Waals surface area contributed by atoms with Gasteiger partial charge in [-0.3, -0.25) is 4.79 Å². The molecule has 1 aliphatic heterocycles. The molecule has 1 atom stereocenters. The number of hydrogen-bond acceptors (Lipinski definition) is 6. The maximum absolute atomic E-state index is 12.4. The van der Waals surface area contributed by atoms with E-state index in [2.05, 4.69) is 15.3 Å². The quantitative estimate of drug-likeness (QED) is 0.813. The van der Waals surface area contributed by atoms with E-state index in [1.807, 2.05) is 17.0 Å². The van der Waals surface area contributed by atoms with Gasteiger partial charge in [-0.15, -0.1) is 0 Å². The van der Waals surface area contributed by atoms with Gasteiger partial charge in [-0.2, -0.15) is 0 Å². The summed E-state index contributed by atoms with van der Waals surface area (Å²) in [5, 5.41) is 13.7. The van der Waals surface area contributed by atoms with E-state index in [1.165, 1.54) is 0 Å². The lowest BCUT2D eigenvalue weighted by Crippen LogP contribution is -2.54. The summed E-state index contributed by atoms with van der Waals surface area (Å²) in [6.07, 6.45) is 4.82. The average Bonchev–Trinajstić information content (AvgIpc) is 2.68. The molecule has 2 aromatic rings. The molecule has 0 spiro atoms. The first-order valence-corrected chi connectivity index (χ1v) is 8.70. The van der Waals surface area contributed by atoms with E-state index in [9.17, 15) is 9.90 Å². The molecule has 1 aromatic heterocycles. The number of piperidine rings is 1. The number of aliphatic hydroxyl groups is 1. The van der Waals surface area contributed by atoms with Crippen LogP contribution in [-0.2, 0) is 11.3 Å². The molecule has 0 unspecified atom stereocenters. The molecule has 7 heteroatoms. The van der Waals surface area contributed by atoms with Crippen LogP contribution in [0.5, 0.6) is 0 Å². The van der Waals surface area contributed by atoms with E-state index in [4.69, 9.17) is 4.74 Å². The minimum atomic E-state index is -0.997. The predicted molar refractivity (Wildman–Crippen MR) is 97.9 cm³/mol. The van der Waals surface area contributed by atoms with Crippen LogP contribution in [0.1, 0.15) is 28.8 Å². The van der Waals surface area contributed by atoms with Crippen LogP contribution in [0.15, 0.2) is 42.7 Å². The summed E-state index contributed by atoms with van der Waals surface area (Å²) in [6.45, 7) is 1.89. The molecule has 138 valence electrons. The Morgan fingerprint density at radius 1 is 1.31 bits per heavy atom. The number of methoxy groups -OCH3 is 1. The van der Waals surface area contributed by atoms with Crippen molar-refractivity contribution in [1.29, 1.82) is 0 Å². The Kier molecular flexibility index (Phi) is 5.80. The van der Waals surface area contributed by atoms with Crippen molar-refractivity contribution in [2.24, 2.45) is 0 Å². The van der Waals surface area contributed by atoms with E-state index < -0.39 is 5.60 Å². The van der Waals surface area contributed by atoms with E-state index in [0.29, 0.717) is 31.1 Å². The van der Waals surface area contributed by atoms with Crippen molar-refractivity contribution in [2.45, 2.75) is 25.0 Å². The minimum Gasteiger partial charge on any atom is -0.386 e. The van der Waals surface area contributed by atoms with E-state index in [-0.39, 0.29) is 12.5 Å². The molecule has 1 aliphatic rings. The smallest absolute Gasteiger partial charge is 0.251 e. The van der Waals surface area contributed by atoms with Crippen molar-refractivity contribution >= 4 is 11.9 Å². The number of carbonyl (C=O) groups excluding carboxylic acids is 1. The highest BCUT2D eigenvalue weighted by atomic mass is 16.5. The SMILES string of the molecule is COCc1ccc(C(=O)NC[C@]2(O)CCCN(c3ncccn3)C2)cc1. The molecule has 1 saturated heterocycles. The maximum atomic E-state index is 12.4. The van der Waals surface area contributed by atoms with Gasteiger partial charge < -0.3 is 20.1 Å². The van der Waals surface area contributed by atoms with Crippen molar-refractivity contribution in [1.82, 2.24) is 15.3 Å². The van der Waals surface area contributed by atoms with Crippen molar-refractivity contribution in [3.8, 4) is 0 Å². The largest absolute Gasteiger partial charge is 0.386 e. The van der Waals surface area contributed by atoms with Crippen LogP contribution in [0.4, 0.5) is 5.95 Å². The lowest BCUT2D eigenvalue weighted by molar-refractivity contribution is 0.0252. The number of β-amino-alcohol motifs (C(OH)–C–C–N with tert-alkyl or cyclic N) is 1. The predicted octanol–water partition coefficient (Wildman–Crippen LogP) is 1.38. The minimum absolute atomic E-state index is 0.189. The number of ether oxygens (including phenoxy) is 1. The van der Waals surface area contributed by atoms with Gasteiger partial charge in [-0.25, -0.2) is 9.97 Å². The molecule has 0 aliphatic carbocycles. The molecule has 0 saturated carbocycles. The zero-order valence-corrected chi connectivity index (χ0v) is 14.9. The van der Waals surface area contributed by atoms with Crippen molar-refractivity contribution < 1.29 is 14.6 Å². The number of benzene rings is 1. The second kappa shape index (κ2) is 8.25. The average molecular weight is 356 g/mol. The summed E-state index contributed by atoms with van der Waals surface area (Å²) in [7, 11) is 1.63. The van der Waals surface area contributed by atoms with Crippen molar-refractivity contribution in [3.63, 3.8) is 0 Å². The topological polar surface area (TPSA) is 87.6 Å². The molecule has 1 amide bonds. The highest BCUT2D eigenvalue weighted by Gasteiger charge is 2.34. The Morgan fingerprint density at radius 3 is 2.73 bits per heavy atom. The highest BCUT2D eigenvalue weighted by Crippen LogP contribution is 2.23. The first-order chi connectivity index (χ1) is 12.6. The van der Waals surface area contributed by atoms with Crippen molar-refractivity contribution in [2.75, 3.05) is 31.6 Å². The maximum Gasteiger partial charge on any atom is 0.251 e. The van der Waals surface area contributed by atoms with Gasteiger partial charge in [-0.05, 0) is 36.6 Å². The second-order valence-electron chi connectivity index (χ2n) is 6.61. The van der Waals surface area contributed by atoms with E-state index >= 15 is 0 Å². The Balaban J connectivity index is 1.58. The number of rotatable bonds is 6. The zero-order valence-electron chi connectivity index (χ0n) is 14.9. The monoisotopic (exact) mass is 356 g/mol. The van der Waals surface area contributed by atoms with E-state index in [1.54, 1.807) is 37.7 Å². The first-order valence-electron chi connectivity index (χ1n) is 8.70. The fourth-order valence-corrected chi connectivity index (χ4v) is 3.15. The second-order valence-corrected chi connectivity index (χ2v) is 6.61. The summed E-state index contributed by atoms with van der Waals surface area (Å²) in [6, 6.07) is 9.01. The summed E-state index contributed by atoms with van der Waals surface area (Å²) >= 11 is 0. The van der Waals surface area contributed by atoms with Crippen LogP contribution in [0, 0.1) is 0 Å². The van der Waals surface area contributed by atoms with Crippen LogP contribution in [0.25, 0.3) is 0 Å². The Morgan fingerprint density at radius 2 is 2.04 bits per heavy atom. The molecular formula is C19H24N4O3. The molecule has 1 aromatic carbocycles. The third-order valence-electron chi connectivity index (χ3n) is 4.50. The van der Waals surface area contributed by atoms with Crippen LogP contribution >= 0.6 is 0 Å². The fraction of sp³-hybridized carbons (Fsp3) is 0.421. The lowest BCUT2D eigenvalue weighted by atomic mass is 9.93. The third kappa shape index (κ3) is 4.56. The number of anilines is 1. The zero-order chi connectivity index (χ0) is 18.4. The van der Waals surface area contributed by atoms with Gasteiger partial charge in [-0.1, -0.05) is 12.1 Å². The molecular weight excluding hydrogens is 332 g/mol. The lowest BCUT2D eigenvalue weighted by Gasteiger charge is -2.39. The molecule has 0 radical (unpaired) electrons. The van der Waals surface area contributed by atoms with Gasteiger partial charge in [0, 0.05) is 38.2 Å². The van der Waals surface area contributed by atoms with Gasteiger partial charge in [0.25, 0.3) is 5.91 Å². The first kappa shape index (κ1) is 18.3. The summed E-state index contributed by atoms with van der Waals surface area (Å²) in [5.74, 6) is 0.404. The number of amides is 1. The summed E-state index contributed by atoms with van der Waals surface area (Å²) < 4.78 is 5.07. The number of hydrogen-bond donors (Lipinski definition) is 2. The molecule has 2 heterocycles. The van der Waals surface area contributed by atoms with Gasteiger partial charge in [0.1, 0.15) is 0 Å². The summed E-state index contributed by atoms with van der Waals surface area (Å²) in [4.78, 5) is 22.8. The molecule has 3 rings (SSSR count). The normalized spacial score (nSPS) is 20.0. The van der Waals surface area contributed by atoms with Gasteiger partial charge >= 0.3 is 0 Å². The molecule has 0 bridgehead atoms. The number of carbonyl (C=O) groups is 1. The molecule has 2 N–H and O–H groups in total. The van der Waals surface area contributed by atoms with Gasteiger partial charge in [0.2, 0.25) is 5.95 Å². The van der Waals surface area contributed by atoms with Gasteiger partial charge in [0.15, 0.2) is 0 Å². The Bertz CT molecular complexity index is 723. The van der Waals surface area contributed by atoms with Gasteiger partial charge in [0.05, 0.1) is 18.8 Å². The molecule has 26 heavy (non-hydrogen) atoms. The van der Waals surface area contributed by atoms with Crippen molar-refractivity contribution in [3.05, 3.63) is 53.9 Å². The molecule has 7 nitrogen and oxygen atoms in total. The van der Waals surface area contributed by atoms with E-state index in [0.717, 1.165) is 18.5 Å². The third-order valence-corrected chi connectivity index (χ3v) is 4.50. The highest BCUT2D eigenvalue weighted by molar-refractivity contribution is 5.94. The number of aromatic nitrogens is 2. The fourth-order valence-electron chi connectivity index (χ4n) is 3.15. The summed E-state index contributed by atoms with van der Waals surface area (Å²) in [5.41, 5.74) is 0.573. The van der Waals surface area contributed by atoms with Crippen LogP contribution in [0.2, 0.25) is 0 Å². The molecule has 1 fully saturated rings.